The molecule has 7 nitrogen and oxygen atoms in total. The quantitative estimate of drug-likeness (QED) is 0.506. The van der Waals surface area contributed by atoms with Crippen molar-refractivity contribution in [1.29, 1.82) is 0 Å². The highest BCUT2D eigenvalue weighted by atomic mass is 35.5. The number of nitrogens with one attached hydrogen (secondary N) is 1. The maximum atomic E-state index is 13.2. The van der Waals surface area contributed by atoms with Crippen LogP contribution in [0.25, 0.3) is 0 Å². The molecule has 0 bridgehead atoms. The summed E-state index contributed by atoms with van der Waals surface area (Å²) in [5.41, 5.74) is 1.03. The van der Waals surface area contributed by atoms with Gasteiger partial charge in [0.05, 0.1) is 34.0 Å². The van der Waals surface area contributed by atoms with E-state index in [4.69, 9.17) is 16.3 Å². The molecule has 0 fully saturated rings. The molecule has 9 heteroatoms. The summed E-state index contributed by atoms with van der Waals surface area (Å²) in [7, 11) is -1.05. The highest BCUT2D eigenvalue weighted by Gasteiger charge is 2.24. The second-order valence-corrected chi connectivity index (χ2v) is 9.24. The van der Waals surface area contributed by atoms with Gasteiger partial charge in [0.15, 0.2) is 5.78 Å². The Bertz CT molecular complexity index is 1270. The lowest BCUT2D eigenvalue weighted by atomic mass is 10.1. The smallest absolute Gasteiger partial charge is 0.264 e. The van der Waals surface area contributed by atoms with Gasteiger partial charge < -0.3 is 10.1 Å². The first-order valence-electron chi connectivity index (χ1n) is 9.49. The molecule has 0 aromatic heterocycles. The lowest BCUT2D eigenvalue weighted by Crippen LogP contribution is -2.27. The van der Waals surface area contributed by atoms with Gasteiger partial charge in [-0.2, -0.15) is 0 Å². The lowest BCUT2D eigenvalue weighted by molar-refractivity contribution is 0.101. The van der Waals surface area contributed by atoms with Crippen LogP contribution in [0.15, 0.2) is 71.6 Å². The van der Waals surface area contributed by atoms with Gasteiger partial charge in [0.2, 0.25) is 0 Å². The lowest BCUT2D eigenvalue weighted by Gasteiger charge is -2.20. The van der Waals surface area contributed by atoms with Crippen molar-refractivity contribution in [3.8, 4) is 5.75 Å². The first-order valence-corrected chi connectivity index (χ1v) is 11.3. The van der Waals surface area contributed by atoms with Crippen LogP contribution in [-0.4, -0.2) is 34.3 Å². The third kappa shape index (κ3) is 4.76. The molecule has 0 saturated heterocycles. The summed E-state index contributed by atoms with van der Waals surface area (Å²) in [6.45, 7) is 1.39. The summed E-state index contributed by atoms with van der Waals surface area (Å²) in [5, 5.41) is 2.71. The van der Waals surface area contributed by atoms with E-state index >= 15 is 0 Å². The third-order valence-electron chi connectivity index (χ3n) is 4.83. The minimum Gasteiger partial charge on any atom is -0.497 e. The number of hydrogen-bond donors (Lipinski definition) is 1. The van der Waals surface area contributed by atoms with E-state index in [1.54, 1.807) is 48.5 Å². The Labute approximate surface area is 191 Å². The number of amides is 1. The molecular weight excluding hydrogens is 452 g/mol. The monoisotopic (exact) mass is 472 g/mol. The van der Waals surface area contributed by atoms with Gasteiger partial charge in [-0.3, -0.25) is 13.9 Å². The number of sulfonamides is 1. The van der Waals surface area contributed by atoms with Gasteiger partial charge >= 0.3 is 0 Å². The van der Waals surface area contributed by atoms with Gasteiger partial charge in [-0.25, -0.2) is 8.42 Å². The van der Waals surface area contributed by atoms with Crippen LogP contribution in [0.5, 0.6) is 5.75 Å². The van der Waals surface area contributed by atoms with E-state index in [2.05, 4.69) is 5.32 Å². The van der Waals surface area contributed by atoms with Crippen molar-refractivity contribution >= 4 is 44.7 Å². The van der Waals surface area contributed by atoms with E-state index in [1.807, 2.05) is 0 Å². The number of carbonyl (C=O) groups is 2. The molecule has 3 aromatic rings. The first-order chi connectivity index (χ1) is 15.1. The highest BCUT2D eigenvalue weighted by Crippen LogP contribution is 2.28. The van der Waals surface area contributed by atoms with Gasteiger partial charge in [0.25, 0.3) is 15.9 Å². The fourth-order valence-corrected chi connectivity index (χ4v) is 4.44. The Balaban J connectivity index is 1.94. The van der Waals surface area contributed by atoms with Crippen molar-refractivity contribution in [2.24, 2.45) is 0 Å². The van der Waals surface area contributed by atoms with Crippen LogP contribution in [0.3, 0.4) is 0 Å². The Kier molecular flexibility index (Phi) is 6.86. The number of hydrogen-bond acceptors (Lipinski definition) is 5. The number of methoxy groups -OCH3 is 1. The van der Waals surface area contributed by atoms with Gasteiger partial charge in [-0.1, -0.05) is 23.7 Å². The fraction of sp³-hybridized carbons (Fsp3) is 0.130. The average molecular weight is 473 g/mol. The van der Waals surface area contributed by atoms with Crippen LogP contribution in [0.2, 0.25) is 5.02 Å². The van der Waals surface area contributed by atoms with Crippen LogP contribution < -0.4 is 14.4 Å². The summed E-state index contributed by atoms with van der Waals surface area (Å²) in [5.74, 6) is -0.256. The summed E-state index contributed by atoms with van der Waals surface area (Å²) in [4.78, 5) is 24.6. The van der Waals surface area contributed by atoms with Gasteiger partial charge in [-0.05, 0) is 61.5 Å². The molecule has 0 spiro atoms. The molecule has 0 aliphatic carbocycles. The van der Waals surface area contributed by atoms with Gasteiger partial charge in [0.1, 0.15) is 5.75 Å². The summed E-state index contributed by atoms with van der Waals surface area (Å²) < 4.78 is 32.5. The standard InChI is InChI=1S/C23H21ClN2O5S/c1-15(27)19-6-4-5-7-22(19)25-23(28)20-14-18(12-13-21(20)24)32(29,30)26(2)16-8-10-17(31-3)11-9-16/h4-14H,1-3H3,(H,25,28). The average Bonchev–Trinajstić information content (AvgIpc) is 2.78. The maximum Gasteiger partial charge on any atom is 0.264 e. The molecule has 1 N–H and O–H groups in total. The number of anilines is 2. The second kappa shape index (κ2) is 9.42. The maximum absolute atomic E-state index is 13.2. The largest absolute Gasteiger partial charge is 0.497 e. The van der Waals surface area contributed by atoms with Gasteiger partial charge in [0, 0.05) is 12.6 Å². The Morgan fingerprint density at radius 2 is 1.62 bits per heavy atom. The zero-order valence-electron chi connectivity index (χ0n) is 17.6. The Morgan fingerprint density at radius 1 is 0.969 bits per heavy atom. The molecule has 0 aliphatic heterocycles. The second-order valence-electron chi connectivity index (χ2n) is 6.87. The highest BCUT2D eigenvalue weighted by molar-refractivity contribution is 7.92. The van der Waals surface area contributed by atoms with Crippen molar-refractivity contribution in [2.45, 2.75) is 11.8 Å². The molecule has 166 valence electrons. The zero-order valence-corrected chi connectivity index (χ0v) is 19.2. The van der Waals surface area contributed by atoms with Crippen molar-refractivity contribution in [3.63, 3.8) is 0 Å². The molecule has 0 saturated carbocycles. The van der Waals surface area contributed by atoms with E-state index in [-0.39, 0.29) is 21.3 Å². The molecular formula is C23H21ClN2O5S. The minimum absolute atomic E-state index is 0.0331. The molecule has 32 heavy (non-hydrogen) atoms. The van der Waals surface area contributed by atoms with Crippen LogP contribution in [-0.2, 0) is 10.0 Å². The van der Waals surface area contributed by atoms with E-state index in [0.717, 1.165) is 4.31 Å². The fourth-order valence-electron chi connectivity index (χ4n) is 3.02. The normalized spacial score (nSPS) is 11.0. The van der Waals surface area contributed by atoms with Crippen molar-refractivity contribution < 1.29 is 22.7 Å². The number of halogens is 1. The summed E-state index contributed by atoms with van der Waals surface area (Å²) >= 11 is 6.19. The van der Waals surface area contributed by atoms with Gasteiger partial charge in [-0.15, -0.1) is 0 Å². The van der Waals surface area contributed by atoms with Crippen LogP contribution >= 0.6 is 11.6 Å². The van der Waals surface area contributed by atoms with Crippen molar-refractivity contribution in [1.82, 2.24) is 0 Å². The number of ketones is 1. The zero-order chi connectivity index (χ0) is 23.5. The van der Waals surface area contributed by atoms with Crippen molar-refractivity contribution in [2.75, 3.05) is 23.8 Å². The van der Waals surface area contributed by atoms with E-state index < -0.39 is 15.9 Å². The third-order valence-corrected chi connectivity index (χ3v) is 6.94. The van der Waals surface area contributed by atoms with Crippen LogP contribution in [0.1, 0.15) is 27.6 Å². The number of nitrogens with zero attached hydrogens (tertiary/aromatic N) is 1. The van der Waals surface area contributed by atoms with E-state index in [1.165, 1.54) is 39.3 Å². The molecule has 0 atom stereocenters. The van der Waals surface area contributed by atoms with E-state index in [9.17, 15) is 18.0 Å². The minimum atomic E-state index is -3.98. The van der Waals surface area contributed by atoms with Crippen LogP contribution in [0.4, 0.5) is 11.4 Å². The Hall–Kier alpha value is -3.36. The summed E-state index contributed by atoms with van der Waals surface area (Å²) in [6.07, 6.45) is 0. The van der Waals surface area contributed by atoms with Crippen LogP contribution in [0, 0.1) is 0 Å². The summed E-state index contributed by atoms with van der Waals surface area (Å²) in [6, 6.07) is 16.9. The molecule has 0 radical (unpaired) electrons. The molecule has 0 aliphatic rings. The predicted octanol–water partition coefficient (Wildman–Crippen LogP) is 4.63. The first kappa shape index (κ1) is 23.3. The SMILES string of the molecule is COc1ccc(N(C)S(=O)(=O)c2ccc(Cl)c(C(=O)Nc3ccccc3C(C)=O)c2)cc1. The molecule has 1 amide bonds. The Morgan fingerprint density at radius 3 is 2.25 bits per heavy atom. The molecule has 3 rings (SSSR count). The predicted molar refractivity (Wildman–Crippen MR) is 124 cm³/mol. The molecule has 0 unspecified atom stereocenters. The number of rotatable bonds is 7. The number of Topliss-reactive ketones (excluding diaryl/α,β-unsaturated/α-hetero) is 1. The van der Waals surface area contributed by atoms with Crippen molar-refractivity contribution in [3.05, 3.63) is 82.9 Å². The molecule has 3 aromatic carbocycles. The van der Waals surface area contributed by atoms with E-state index in [0.29, 0.717) is 22.7 Å². The number of benzene rings is 3. The topological polar surface area (TPSA) is 92.8 Å². The number of para-hydroxylation sites is 1. The molecule has 0 heterocycles. The number of ether oxygens (including phenoxy) is 1. The number of carbonyl (C=O) groups excluding carboxylic acids is 2.